The fraction of sp³-hybridized carbons (Fsp3) is 1.00. The van der Waals surface area contributed by atoms with E-state index in [0.717, 1.165) is 7.11 Å². The van der Waals surface area contributed by atoms with Gasteiger partial charge in [0.1, 0.15) is 6.08 Å². The molecule has 4 heteroatoms. The second-order valence-corrected chi connectivity index (χ2v) is 1.51. The molecule has 0 amide bonds. The highest BCUT2D eigenvalue weighted by atomic mass is 16.7. The summed E-state index contributed by atoms with van der Waals surface area (Å²) in [7, 11) is 0.833. The van der Waals surface area contributed by atoms with Crippen molar-refractivity contribution in [3.8, 4) is 0 Å². The van der Waals surface area contributed by atoms with Gasteiger partial charge in [-0.05, 0) is 0 Å². The van der Waals surface area contributed by atoms with Crippen LogP contribution in [0.4, 0.5) is 0 Å². The van der Waals surface area contributed by atoms with E-state index < -0.39 is 31.4 Å². The van der Waals surface area contributed by atoms with E-state index in [9.17, 15) is 5.11 Å². The molecule has 0 radical (unpaired) electrons. The number of methoxy groups -OCH3 is 1. The van der Waals surface area contributed by atoms with Crippen LogP contribution in [0.5, 0.6) is 0 Å². The van der Waals surface area contributed by atoms with E-state index in [0.29, 0.717) is 0 Å². The van der Waals surface area contributed by atoms with Crippen molar-refractivity contribution in [3.63, 3.8) is 0 Å². The van der Waals surface area contributed by atoms with Crippen LogP contribution in [0, 0.1) is 0 Å². The molecule has 1 fully saturated rings. The Morgan fingerprint density at radius 2 is 2.80 bits per heavy atom. The molecule has 1 aliphatic heterocycles. The zero-order valence-electron chi connectivity index (χ0n) is 12.2. The number of ether oxygens (including phenoxy) is 2. The summed E-state index contributed by atoms with van der Waals surface area (Å²) in [5.41, 5.74) is 0. The van der Waals surface area contributed by atoms with Gasteiger partial charge in [-0.1, -0.05) is 0 Å². The highest BCUT2D eigenvalue weighted by Crippen LogP contribution is 2.19. The Morgan fingerprint density at radius 3 is 3.10 bits per heavy atom. The van der Waals surface area contributed by atoms with Crippen LogP contribution in [-0.4, -0.2) is 42.3 Å². The van der Waals surface area contributed by atoms with Crippen LogP contribution in [0.2, 0.25) is 0 Å². The zero-order chi connectivity index (χ0) is 13.9. The topological polar surface area (TPSA) is 58.9 Å². The minimum absolute atomic E-state index is 0.833. The number of hydrogen-bond acceptors (Lipinski definition) is 4. The van der Waals surface area contributed by atoms with Gasteiger partial charge in [-0.25, -0.2) is 0 Å². The Morgan fingerprint density at radius 1 is 2.10 bits per heavy atom. The van der Waals surface area contributed by atoms with E-state index in [4.69, 9.17) is 14.7 Å². The number of aliphatic hydroxyl groups is 2. The second-order valence-electron chi connectivity index (χ2n) is 1.51. The summed E-state index contributed by atoms with van der Waals surface area (Å²) in [5.74, 6) is 0. The van der Waals surface area contributed by atoms with Crippen molar-refractivity contribution in [2.75, 3.05) is 13.7 Å². The molecule has 0 bridgehead atoms. The van der Waals surface area contributed by atoms with Gasteiger partial charge in [-0.2, -0.15) is 0 Å². The molecule has 3 atom stereocenters. The van der Waals surface area contributed by atoms with Crippen molar-refractivity contribution < 1.29 is 29.3 Å². The third kappa shape index (κ3) is 1.46. The standard InChI is InChI=1S/C6H12O4/c1-9-6-2-4(8)5(3-7)10-6/h4-8H,2-3H2,1H3/t4-,5+,6?/m0/s1/i2D2,3D2,4D,5D,6D. The molecule has 1 rings (SSSR count). The van der Waals surface area contributed by atoms with Crippen LogP contribution in [0.3, 0.4) is 0 Å². The molecule has 10 heavy (non-hydrogen) atoms. The van der Waals surface area contributed by atoms with Gasteiger partial charge < -0.3 is 19.7 Å². The molecule has 0 aromatic heterocycles. The van der Waals surface area contributed by atoms with E-state index in [1.807, 2.05) is 0 Å². The highest BCUT2D eigenvalue weighted by Gasteiger charge is 2.32. The lowest BCUT2D eigenvalue weighted by Crippen LogP contribution is -2.24. The molecule has 1 aliphatic rings. The summed E-state index contributed by atoms with van der Waals surface area (Å²) in [5, 5.41) is 18.7. The number of rotatable bonds is 2. The normalized spacial score (nSPS) is 79.3. The molecule has 0 aromatic rings. The molecule has 0 aromatic carbocycles. The van der Waals surface area contributed by atoms with Crippen molar-refractivity contribution in [2.45, 2.75) is 24.8 Å². The van der Waals surface area contributed by atoms with Crippen molar-refractivity contribution in [3.05, 3.63) is 0 Å². The first-order chi connectivity index (χ1) is 7.27. The molecule has 1 unspecified atom stereocenters. The van der Waals surface area contributed by atoms with Gasteiger partial charge in [0.05, 0.1) is 19.5 Å². The molecule has 0 aliphatic carbocycles. The largest absolute Gasteiger partial charge is 0.394 e. The molecular weight excluding hydrogens is 136 g/mol. The van der Waals surface area contributed by atoms with E-state index in [2.05, 4.69) is 9.47 Å². The van der Waals surface area contributed by atoms with Gasteiger partial charge in [-0.3, -0.25) is 0 Å². The third-order valence-corrected chi connectivity index (χ3v) is 0.917. The van der Waals surface area contributed by atoms with E-state index >= 15 is 0 Å². The summed E-state index contributed by atoms with van der Waals surface area (Å²) >= 11 is 0. The lowest BCUT2D eigenvalue weighted by Gasteiger charge is -2.09. The maximum absolute atomic E-state index is 9.62. The van der Waals surface area contributed by atoms with Gasteiger partial charge in [0.15, 0.2) is 6.27 Å². The Kier molecular flexibility index (Phi) is 0.894. The van der Waals surface area contributed by atoms with E-state index in [1.165, 1.54) is 0 Å². The van der Waals surface area contributed by atoms with Crippen molar-refractivity contribution >= 4 is 0 Å². The summed E-state index contributed by atoms with van der Waals surface area (Å²) in [6.07, 6.45) is -13.2. The molecule has 4 nitrogen and oxygen atoms in total. The minimum Gasteiger partial charge on any atom is -0.394 e. The first-order valence-corrected chi connectivity index (χ1v) is 2.47. The van der Waals surface area contributed by atoms with Gasteiger partial charge in [0.25, 0.3) is 0 Å². The summed E-state index contributed by atoms with van der Waals surface area (Å²) < 4.78 is 59.5. The smallest absolute Gasteiger partial charge is 0.160 e. The van der Waals surface area contributed by atoms with Gasteiger partial charge in [-0.15, -0.1) is 0 Å². The second kappa shape index (κ2) is 3.30. The first-order valence-electron chi connectivity index (χ1n) is 5.97. The Bertz CT molecular complexity index is 329. The predicted octanol–water partition coefficient (Wildman–Crippen LogP) is -0.899. The lowest BCUT2D eigenvalue weighted by molar-refractivity contribution is -0.127. The van der Waals surface area contributed by atoms with E-state index in [-0.39, 0.29) is 0 Å². The summed E-state index contributed by atoms with van der Waals surface area (Å²) in [4.78, 5) is 0. The van der Waals surface area contributed by atoms with Crippen LogP contribution in [0.25, 0.3) is 0 Å². The van der Waals surface area contributed by atoms with Gasteiger partial charge >= 0.3 is 0 Å². The van der Waals surface area contributed by atoms with E-state index in [1.54, 1.807) is 0 Å². The lowest BCUT2D eigenvalue weighted by atomic mass is 10.2. The van der Waals surface area contributed by atoms with Crippen LogP contribution >= 0.6 is 0 Å². The Balaban J connectivity index is 3.43. The summed E-state index contributed by atoms with van der Waals surface area (Å²) in [6.45, 7) is -3.57. The quantitative estimate of drug-likeness (QED) is 0.542. The third-order valence-electron chi connectivity index (χ3n) is 0.917. The van der Waals surface area contributed by atoms with Crippen molar-refractivity contribution in [1.82, 2.24) is 0 Å². The van der Waals surface area contributed by atoms with Crippen LogP contribution in [-0.2, 0) is 9.47 Å². The molecular formula is C6H12O4. The maximum Gasteiger partial charge on any atom is 0.160 e. The fourth-order valence-corrected chi connectivity index (χ4v) is 0.488. The molecule has 0 saturated carbocycles. The Hall–Kier alpha value is -0.160. The van der Waals surface area contributed by atoms with Gasteiger partial charge in [0.2, 0.25) is 0 Å². The number of hydrogen-bond donors (Lipinski definition) is 2. The monoisotopic (exact) mass is 155 g/mol. The van der Waals surface area contributed by atoms with Crippen LogP contribution < -0.4 is 0 Å². The molecule has 1 heterocycles. The summed E-state index contributed by atoms with van der Waals surface area (Å²) in [6, 6.07) is 0. The molecule has 1 saturated heterocycles. The SMILES string of the molecule is [2H]C1(OC)O[C@]([2H])(C([2H])([2H])O)[C@@]([2H])(O)C1([2H])[2H]. The van der Waals surface area contributed by atoms with Crippen LogP contribution in [0.1, 0.15) is 16.0 Å². The zero-order valence-corrected chi connectivity index (χ0v) is 5.21. The average Bonchev–Trinajstić information content (AvgIpc) is 2.24. The van der Waals surface area contributed by atoms with Gasteiger partial charge in [0, 0.05) is 16.2 Å². The molecule has 2 N–H and O–H groups in total. The predicted molar refractivity (Wildman–Crippen MR) is 33.4 cm³/mol. The van der Waals surface area contributed by atoms with Crippen molar-refractivity contribution in [1.29, 1.82) is 0 Å². The van der Waals surface area contributed by atoms with Crippen molar-refractivity contribution in [2.24, 2.45) is 0 Å². The first kappa shape index (κ1) is 2.71. The Labute approximate surface area is 69.2 Å². The van der Waals surface area contributed by atoms with Crippen LogP contribution in [0.15, 0.2) is 0 Å². The maximum atomic E-state index is 9.62. The average molecular weight is 155 g/mol. The minimum atomic E-state index is -3.57. The molecule has 60 valence electrons. The highest BCUT2D eigenvalue weighted by molar-refractivity contribution is 4.76. The fourth-order valence-electron chi connectivity index (χ4n) is 0.488. The molecule has 0 spiro atoms.